The first-order valence-corrected chi connectivity index (χ1v) is 5.34. The highest BCUT2D eigenvalue weighted by molar-refractivity contribution is 5.73. The van der Waals surface area contributed by atoms with Crippen LogP contribution in [0, 0.1) is 11.6 Å². The van der Waals surface area contributed by atoms with Gasteiger partial charge in [0.1, 0.15) is 6.54 Å². The van der Waals surface area contributed by atoms with Crippen LogP contribution in [0.1, 0.15) is 6.92 Å². The van der Waals surface area contributed by atoms with E-state index in [0.717, 1.165) is 17.0 Å². The van der Waals surface area contributed by atoms with Crippen LogP contribution in [-0.4, -0.2) is 25.3 Å². The summed E-state index contributed by atoms with van der Waals surface area (Å²) in [7, 11) is 0. The van der Waals surface area contributed by atoms with E-state index in [1.54, 1.807) is 6.92 Å². The lowest BCUT2D eigenvalue weighted by Gasteiger charge is -2.38. The Kier molecular flexibility index (Phi) is 3.08. The van der Waals surface area contributed by atoms with Crippen molar-refractivity contribution in [1.82, 2.24) is 0 Å². The third-order valence-corrected chi connectivity index (χ3v) is 2.82. The monoisotopic (exact) mass is 266 g/mol. The zero-order chi connectivity index (χ0) is 13.5. The van der Waals surface area contributed by atoms with E-state index < -0.39 is 30.4 Å². The van der Waals surface area contributed by atoms with Gasteiger partial charge in [0.15, 0.2) is 11.6 Å². The Morgan fingerprint density at radius 3 is 2.50 bits per heavy atom. The van der Waals surface area contributed by atoms with E-state index in [1.807, 2.05) is 0 Å². The highest BCUT2D eigenvalue weighted by atomic mass is 19.4. The van der Waals surface area contributed by atoms with Crippen LogP contribution in [0.3, 0.4) is 0 Å². The first kappa shape index (κ1) is 12.9. The number of alkyl halides is 3. The maximum absolute atomic E-state index is 13.1. The van der Waals surface area contributed by atoms with Crippen LogP contribution in [0.25, 0.3) is 0 Å². The maximum Gasteiger partial charge on any atom is 0.405 e. The van der Waals surface area contributed by atoms with Gasteiger partial charge in [0, 0.05) is 24.7 Å². The van der Waals surface area contributed by atoms with Gasteiger partial charge < -0.3 is 10.2 Å². The number of anilines is 2. The lowest BCUT2D eigenvalue weighted by molar-refractivity contribution is -0.120. The number of hydrogen-bond donors (Lipinski definition) is 1. The van der Waals surface area contributed by atoms with Gasteiger partial charge in [-0.05, 0) is 6.92 Å². The van der Waals surface area contributed by atoms with Crippen LogP contribution in [-0.2, 0) is 0 Å². The summed E-state index contributed by atoms with van der Waals surface area (Å²) in [6, 6.07) is 1.21. The molecule has 1 aliphatic rings. The quantitative estimate of drug-likeness (QED) is 0.785. The molecular weight excluding hydrogens is 255 g/mol. The highest BCUT2D eigenvalue weighted by Crippen LogP contribution is 2.35. The molecule has 1 N–H and O–H groups in total. The average Bonchev–Trinajstić information content (AvgIpc) is 2.24. The largest absolute Gasteiger partial charge is 0.405 e. The normalized spacial score (nSPS) is 19.4. The Hall–Kier alpha value is -1.53. The number of benzene rings is 1. The summed E-state index contributed by atoms with van der Waals surface area (Å²) in [5.41, 5.74) is 0.209. The summed E-state index contributed by atoms with van der Waals surface area (Å²) in [6.07, 6.45) is -4.40. The van der Waals surface area contributed by atoms with Crippen LogP contribution >= 0.6 is 0 Å². The molecule has 2 nitrogen and oxygen atoms in total. The predicted molar refractivity (Wildman–Crippen MR) is 57.7 cm³/mol. The Labute approximate surface area is 100 Å². The first-order valence-electron chi connectivity index (χ1n) is 5.34. The zero-order valence-electron chi connectivity index (χ0n) is 9.48. The average molecular weight is 266 g/mol. The smallest absolute Gasteiger partial charge is 0.381 e. The molecular formula is C11H11F5N2. The van der Waals surface area contributed by atoms with Crippen LogP contribution in [0.2, 0.25) is 0 Å². The van der Waals surface area contributed by atoms with Gasteiger partial charge in [-0.2, -0.15) is 13.2 Å². The highest BCUT2D eigenvalue weighted by Gasteiger charge is 2.35. The molecule has 0 spiro atoms. The minimum atomic E-state index is -4.40. The van der Waals surface area contributed by atoms with Crippen molar-refractivity contribution < 1.29 is 22.0 Å². The molecule has 1 heterocycles. The Morgan fingerprint density at radius 2 is 1.89 bits per heavy atom. The van der Waals surface area contributed by atoms with Crippen molar-refractivity contribution in [2.24, 2.45) is 0 Å². The molecule has 18 heavy (non-hydrogen) atoms. The molecule has 1 unspecified atom stereocenters. The number of halogens is 5. The van der Waals surface area contributed by atoms with Crippen LogP contribution in [0.15, 0.2) is 12.1 Å². The fraction of sp³-hybridized carbons (Fsp3) is 0.455. The third kappa shape index (κ3) is 2.49. The lowest BCUT2D eigenvalue weighted by Crippen LogP contribution is -2.46. The van der Waals surface area contributed by atoms with Gasteiger partial charge in [-0.25, -0.2) is 8.78 Å². The van der Waals surface area contributed by atoms with E-state index in [-0.39, 0.29) is 17.9 Å². The Balaban J connectivity index is 2.40. The van der Waals surface area contributed by atoms with Crippen molar-refractivity contribution in [1.29, 1.82) is 0 Å². The van der Waals surface area contributed by atoms with E-state index >= 15 is 0 Å². The van der Waals surface area contributed by atoms with Crippen molar-refractivity contribution in [2.45, 2.75) is 19.1 Å². The number of nitrogens with zero attached hydrogens (tertiary/aromatic N) is 1. The summed E-state index contributed by atoms with van der Waals surface area (Å²) in [5.74, 6) is -2.24. The minimum Gasteiger partial charge on any atom is -0.381 e. The van der Waals surface area contributed by atoms with Crippen molar-refractivity contribution in [3.63, 3.8) is 0 Å². The van der Waals surface area contributed by atoms with E-state index in [1.165, 1.54) is 0 Å². The molecule has 2 rings (SSSR count). The second-order valence-electron chi connectivity index (χ2n) is 4.26. The molecule has 0 aliphatic carbocycles. The molecule has 7 heteroatoms. The van der Waals surface area contributed by atoms with Gasteiger partial charge in [-0.15, -0.1) is 0 Å². The third-order valence-electron chi connectivity index (χ3n) is 2.82. The van der Waals surface area contributed by atoms with E-state index in [9.17, 15) is 22.0 Å². The van der Waals surface area contributed by atoms with Crippen LogP contribution in [0.5, 0.6) is 0 Å². The molecule has 0 saturated carbocycles. The fourth-order valence-electron chi connectivity index (χ4n) is 1.96. The summed E-state index contributed by atoms with van der Waals surface area (Å²) < 4.78 is 63.5. The number of nitrogens with one attached hydrogen (secondary N) is 1. The second kappa shape index (κ2) is 4.29. The van der Waals surface area contributed by atoms with E-state index in [0.29, 0.717) is 0 Å². The number of rotatable bonds is 1. The molecule has 100 valence electrons. The topological polar surface area (TPSA) is 15.3 Å². The molecule has 1 aliphatic heterocycles. The van der Waals surface area contributed by atoms with Gasteiger partial charge in [0.05, 0.1) is 11.4 Å². The fourth-order valence-corrected chi connectivity index (χ4v) is 1.96. The molecule has 1 atom stereocenters. The van der Waals surface area contributed by atoms with Crippen LogP contribution in [0.4, 0.5) is 33.3 Å². The van der Waals surface area contributed by atoms with Crippen molar-refractivity contribution in [2.75, 3.05) is 23.3 Å². The van der Waals surface area contributed by atoms with E-state index in [2.05, 4.69) is 5.32 Å². The summed E-state index contributed by atoms with van der Waals surface area (Å²) >= 11 is 0. The molecule has 0 saturated heterocycles. The Morgan fingerprint density at radius 1 is 1.28 bits per heavy atom. The zero-order valence-corrected chi connectivity index (χ0v) is 9.48. The van der Waals surface area contributed by atoms with Crippen molar-refractivity contribution >= 4 is 11.4 Å². The molecule has 0 fully saturated rings. The molecule has 0 radical (unpaired) electrons. The van der Waals surface area contributed by atoms with E-state index in [4.69, 9.17) is 0 Å². The number of hydrogen-bond acceptors (Lipinski definition) is 2. The van der Waals surface area contributed by atoms with Gasteiger partial charge in [-0.1, -0.05) is 0 Å². The summed E-state index contributed by atoms with van der Waals surface area (Å²) in [5, 5.41) is 2.78. The van der Waals surface area contributed by atoms with Gasteiger partial charge in [0.25, 0.3) is 0 Å². The molecule has 0 aromatic heterocycles. The van der Waals surface area contributed by atoms with Gasteiger partial charge in [0.2, 0.25) is 0 Å². The summed E-state index contributed by atoms with van der Waals surface area (Å²) in [4.78, 5) is 1.02. The van der Waals surface area contributed by atoms with Crippen molar-refractivity contribution in [3.05, 3.63) is 23.8 Å². The summed E-state index contributed by atoms with van der Waals surface area (Å²) in [6.45, 7) is 0.644. The second-order valence-corrected chi connectivity index (χ2v) is 4.26. The van der Waals surface area contributed by atoms with Crippen molar-refractivity contribution in [3.8, 4) is 0 Å². The maximum atomic E-state index is 13.1. The SMILES string of the molecule is CC1CNc2cc(F)c(F)cc2N1CC(F)(F)F. The number of fused-ring (bicyclic) bond motifs is 1. The molecule has 0 bridgehead atoms. The standard InChI is InChI=1S/C11H11F5N2/c1-6-4-17-9-2-7(12)8(13)3-10(9)18(6)5-11(14,15)16/h2-3,6,17H,4-5H2,1H3. The van der Waals surface area contributed by atoms with Crippen LogP contribution < -0.4 is 10.2 Å². The van der Waals surface area contributed by atoms with Gasteiger partial charge in [-0.3, -0.25) is 0 Å². The van der Waals surface area contributed by atoms with Gasteiger partial charge >= 0.3 is 6.18 Å². The minimum absolute atomic E-state index is 0.0324. The molecule has 0 amide bonds. The molecule has 1 aromatic rings. The predicted octanol–water partition coefficient (Wildman–Crippen LogP) is 3.15. The first-order chi connectivity index (χ1) is 8.28. The molecule has 1 aromatic carbocycles. The Bertz CT molecular complexity index is 457. The lowest BCUT2D eigenvalue weighted by atomic mass is 10.1.